The SMILES string of the molecule is O=C(NC1CCCCC1)NN(C(=O)Nc1ccc(Cl)cc1)c1nc(-c2ccc(F)cc2)cs1. The van der Waals surface area contributed by atoms with Crippen LogP contribution < -0.4 is 21.1 Å². The van der Waals surface area contributed by atoms with Gasteiger partial charge in [-0.2, -0.15) is 5.01 Å². The molecule has 1 heterocycles. The van der Waals surface area contributed by atoms with E-state index in [2.05, 4.69) is 21.0 Å². The maximum atomic E-state index is 13.3. The number of hydrogen-bond acceptors (Lipinski definition) is 4. The molecule has 0 bridgehead atoms. The summed E-state index contributed by atoms with van der Waals surface area (Å²) >= 11 is 7.10. The van der Waals surface area contributed by atoms with Crippen LogP contribution in [0, 0.1) is 5.82 Å². The van der Waals surface area contributed by atoms with E-state index in [4.69, 9.17) is 11.6 Å². The lowest BCUT2D eigenvalue weighted by Crippen LogP contribution is -2.54. The van der Waals surface area contributed by atoms with Crippen molar-refractivity contribution in [2.45, 2.75) is 38.1 Å². The summed E-state index contributed by atoms with van der Waals surface area (Å²) in [5, 5.41) is 9.29. The fraction of sp³-hybridized carbons (Fsp3) is 0.261. The molecular weight excluding hydrogens is 465 g/mol. The number of aromatic nitrogens is 1. The van der Waals surface area contributed by atoms with Crippen LogP contribution in [-0.4, -0.2) is 23.1 Å². The van der Waals surface area contributed by atoms with Crippen molar-refractivity contribution in [3.8, 4) is 11.3 Å². The van der Waals surface area contributed by atoms with Gasteiger partial charge in [-0.05, 0) is 61.4 Å². The number of thiazole rings is 1. The number of anilines is 2. The molecule has 4 amide bonds. The van der Waals surface area contributed by atoms with E-state index in [1.165, 1.54) is 29.9 Å². The Balaban J connectivity index is 1.53. The quantitative estimate of drug-likeness (QED) is 0.383. The van der Waals surface area contributed by atoms with Crippen molar-refractivity contribution in [2.75, 3.05) is 10.3 Å². The maximum Gasteiger partial charge on any atom is 0.347 e. The van der Waals surface area contributed by atoms with E-state index in [1.54, 1.807) is 41.8 Å². The highest BCUT2D eigenvalue weighted by Crippen LogP contribution is 2.27. The number of amides is 4. The molecule has 0 aliphatic heterocycles. The molecule has 7 nitrogen and oxygen atoms in total. The number of halogens is 2. The molecule has 0 radical (unpaired) electrons. The molecule has 33 heavy (non-hydrogen) atoms. The molecule has 1 fully saturated rings. The van der Waals surface area contributed by atoms with E-state index in [1.807, 2.05) is 0 Å². The van der Waals surface area contributed by atoms with Crippen molar-refractivity contribution < 1.29 is 14.0 Å². The van der Waals surface area contributed by atoms with Gasteiger partial charge in [0, 0.05) is 27.7 Å². The van der Waals surface area contributed by atoms with Crippen LogP contribution in [0.3, 0.4) is 0 Å². The van der Waals surface area contributed by atoms with Gasteiger partial charge in [0.1, 0.15) is 5.82 Å². The van der Waals surface area contributed by atoms with Crippen LogP contribution in [0.5, 0.6) is 0 Å². The molecule has 0 atom stereocenters. The van der Waals surface area contributed by atoms with E-state index < -0.39 is 12.1 Å². The fourth-order valence-corrected chi connectivity index (χ4v) is 4.50. The first kappa shape index (κ1) is 23.0. The van der Waals surface area contributed by atoms with Crippen LogP contribution in [0.1, 0.15) is 32.1 Å². The minimum Gasteiger partial charge on any atom is -0.334 e. The number of hydrazine groups is 1. The largest absolute Gasteiger partial charge is 0.347 e. The topological polar surface area (TPSA) is 86.4 Å². The van der Waals surface area contributed by atoms with Crippen molar-refractivity contribution in [3.05, 3.63) is 64.8 Å². The van der Waals surface area contributed by atoms with Crippen LogP contribution in [-0.2, 0) is 0 Å². The Morgan fingerprint density at radius 2 is 1.73 bits per heavy atom. The Hall–Kier alpha value is -3.17. The summed E-state index contributed by atoms with van der Waals surface area (Å²) in [6.07, 6.45) is 5.13. The third-order valence-electron chi connectivity index (χ3n) is 5.28. The van der Waals surface area contributed by atoms with Crippen molar-refractivity contribution in [1.29, 1.82) is 0 Å². The predicted molar refractivity (Wildman–Crippen MR) is 129 cm³/mol. The number of carbonyl (C=O) groups excluding carboxylic acids is 2. The van der Waals surface area contributed by atoms with Gasteiger partial charge in [0.05, 0.1) is 5.69 Å². The molecule has 0 unspecified atom stereocenters. The van der Waals surface area contributed by atoms with Gasteiger partial charge < -0.3 is 10.6 Å². The lowest BCUT2D eigenvalue weighted by molar-refractivity contribution is 0.228. The summed E-state index contributed by atoms with van der Waals surface area (Å²) in [6.45, 7) is 0. The number of nitrogens with one attached hydrogen (secondary N) is 3. The van der Waals surface area contributed by atoms with Crippen molar-refractivity contribution >= 4 is 45.8 Å². The summed E-state index contributed by atoms with van der Waals surface area (Å²) in [4.78, 5) is 30.2. The molecule has 1 saturated carbocycles. The predicted octanol–water partition coefficient (Wildman–Crippen LogP) is 6.19. The maximum absolute atomic E-state index is 13.3. The third kappa shape index (κ3) is 6.21. The number of benzene rings is 2. The van der Waals surface area contributed by atoms with Crippen molar-refractivity contribution in [2.24, 2.45) is 0 Å². The van der Waals surface area contributed by atoms with Crippen LogP contribution in [0.15, 0.2) is 53.9 Å². The standard InChI is InChI=1S/C23H23ClFN5O2S/c24-16-8-12-19(13-9-16)27-22(32)30(29-21(31)26-18-4-2-1-3-5-18)23-28-20(14-33-23)15-6-10-17(25)11-7-15/h6-14,18H,1-5H2,(H,27,32)(H2,26,29,31). The van der Waals surface area contributed by atoms with Gasteiger partial charge in [-0.25, -0.2) is 24.4 Å². The van der Waals surface area contributed by atoms with E-state index in [0.29, 0.717) is 22.0 Å². The summed E-state index contributed by atoms with van der Waals surface area (Å²) < 4.78 is 13.3. The average Bonchev–Trinajstić information content (AvgIpc) is 3.30. The lowest BCUT2D eigenvalue weighted by atomic mass is 9.96. The highest BCUT2D eigenvalue weighted by Gasteiger charge is 2.24. The first-order chi connectivity index (χ1) is 16.0. The normalized spacial score (nSPS) is 13.9. The molecule has 1 aromatic heterocycles. The summed E-state index contributed by atoms with van der Waals surface area (Å²) in [6, 6.07) is 11.5. The first-order valence-corrected chi connectivity index (χ1v) is 11.9. The number of nitrogens with zero attached hydrogens (tertiary/aromatic N) is 2. The Morgan fingerprint density at radius 1 is 1.03 bits per heavy atom. The molecule has 2 aromatic carbocycles. The highest BCUT2D eigenvalue weighted by molar-refractivity contribution is 7.14. The second-order valence-electron chi connectivity index (χ2n) is 7.71. The zero-order valence-corrected chi connectivity index (χ0v) is 19.3. The van der Waals surface area contributed by atoms with Gasteiger partial charge in [-0.1, -0.05) is 30.9 Å². The molecular formula is C23H23ClFN5O2S. The lowest BCUT2D eigenvalue weighted by Gasteiger charge is -2.26. The minimum absolute atomic E-state index is 0.0750. The second kappa shape index (κ2) is 10.6. The second-order valence-corrected chi connectivity index (χ2v) is 8.99. The number of carbonyl (C=O) groups is 2. The first-order valence-electron chi connectivity index (χ1n) is 10.6. The molecule has 3 aromatic rings. The van der Waals surface area contributed by atoms with Gasteiger partial charge in [0.15, 0.2) is 0 Å². The number of hydrogen-bond donors (Lipinski definition) is 3. The van der Waals surface area contributed by atoms with Gasteiger partial charge in [-0.3, -0.25) is 0 Å². The Labute approximate surface area is 199 Å². The zero-order chi connectivity index (χ0) is 23.2. The van der Waals surface area contributed by atoms with Crippen molar-refractivity contribution in [1.82, 2.24) is 15.7 Å². The van der Waals surface area contributed by atoms with E-state index >= 15 is 0 Å². The number of urea groups is 2. The Kier molecular flexibility index (Phi) is 7.41. The molecule has 172 valence electrons. The van der Waals surface area contributed by atoms with Crippen molar-refractivity contribution in [3.63, 3.8) is 0 Å². The summed E-state index contributed by atoms with van der Waals surface area (Å²) in [5.41, 5.74) is 4.39. The van der Waals surface area contributed by atoms with Gasteiger partial charge in [0.2, 0.25) is 5.13 Å². The molecule has 1 aliphatic rings. The smallest absolute Gasteiger partial charge is 0.334 e. The fourth-order valence-electron chi connectivity index (χ4n) is 3.58. The van der Waals surface area contributed by atoms with E-state index in [-0.39, 0.29) is 17.0 Å². The van der Waals surface area contributed by atoms with Crippen LogP contribution >= 0.6 is 22.9 Å². The summed E-state index contributed by atoms with van der Waals surface area (Å²) in [5.74, 6) is -0.348. The van der Waals surface area contributed by atoms with Gasteiger partial charge in [-0.15, -0.1) is 11.3 Å². The molecule has 1 aliphatic carbocycles. The minimum atomic E-state index is -0.587. The van der Waals surface area contributed by atoms with E-state index in [0.717, 1.165) is 30.7 Å². The zero-order valence-electron chi connectivity index (χ0n) is 17.7. The summed E-state index contributed by atoms with van der Waals surface area (Å²) in [7, 11) is 0. The molecule has 3 N–H and O–H groups in total. The highest BCUT2D eigenvalue weighted by atomic mass is 35.5. The third-order valence-corrected chi connectivity index (χ3v) is 6.35. The monoisotopic (exact) mass is 487 g/mol. The number of rotatable bonds is 4. The van der Waals surface area contributed by atoms with Crippen LogP contribution in [0.25, 0.3) is 11.3 Å². The van der Waals surface area contributed by atoms with Crippen LogP contribution in [0.2, 0.25) is 5.02 Å². The van der Waals surface area contributed by atoms with Crippen LogP contribution in [0.4, 0.5) is 24.8 Å². The Bertz CT molecular complexity index is 1100. The average molecular weight is 488 g/mol. The van der Waals surface area contributed by atoms with Gasteiger partial charge in [0.25, 0.3) is 0 Å². The molecule has 0 spiro atoms. The Morgan fingerprint density at radius 3 is 2.42 bits per heavy atom. The van der Waals surface area contributed by atoms with E-state index in [9.17, 15) is 14.0 Å². The molecule has 10 heteroatoms. The molecule has 4 rings (SSSR count). The van der Waals surface area contributed by atoms with Gasteiger partial charge >= 0.3 is 12.1 Å². The molecule has 0 saturated heterocycles.